The van der Waals surface area contributed by atoms with E-state index in [1.54, 1.807) is 12.1 Å². The molecule has 3 saturated heterocycles. The first-order valence-electron chi connectivity index (χ1n) is 17.0. The van der Waals surface area contributed by atoms with Crippen LogP contribution in [0.5, 0.6) is 11.5 Å². The molecule has 7 rings (SSSR count). The third-order valence-electron chi connectivity index (χ3n) is 9.52. The lowest BCUT2D eigenvalue weighted by molar-refractivity contribution is -0.278. The minimum atomic E-state index is -0.596. The van der Waals surface area contributed by atoms with Crippen molar-refractivity contribution in [1.29, 1.82) is 0 Å². The summed E-state index contributed by atoms with van der Waals surface area (Å²) in [6.07, 6.45) is 0.795. The van der Waals surface area contributed by atoms with Crippen molar-refractivity contribution in [3.8, 4) is 11.5 Å². The van der Waals surface area contributed by atoms with Gasteiger partial charge < -0.3 is 44.3 Å². The molecule has 10 heteroatoms. The molecule has 3 aliphatic heterocycles. The van der Waals surface area contributed by atoms with Crippen LogP contribution in [0.1, 0.15) is 48.8 Å². The highest BCUT2D eigenvalue weighted by Gasteiger charge is 2.43. The number of carbonyl (C=O) groups is 1. The first-order valence-corrected chi connectivity index (χ1v) is 17.0. The third kappa shape index (κ3) is 8.13. The summed E-state index contributed by atoms with van der Waals surface area (Å²) < 4.78 is 31.0. The summed E-state index contributed by atoms with van der Waals surface area (Å²) in [6.45, 7) is 6.02. The van der Waals surface area contributed by atoms with Gasteiger partial charge in [-0.05, 0) is 59.7 Å². The Kier molecular flexibility index (Phi) is 10.2. The van der Waals surface area contributed by atoms with E-state index in [2.05, 4.69) is 22.5 Å². The Balaban J connectivity index is 0.993. The van der Waals surface area contributed by atoms with Crippen molar-refractivity contribution in [3.63, 3.8) is 0 Å². The Morgan fingerprint density at radius 2 is 1.39 bits per heavy atom. The van der Waals surface area contributed by atoms with Crippen LogP contribution >= 0.6 is 0 Å². The molecule has 3 heterocycles. The highest BCUT2D eigenvalue weighted by molar-refractivity contribution is 5.99. The van der Waals surface area contributed by atoms with E-state index in [9.17, 15) is 9.90 Å². The number of para-hydroxylation sites is 1. The Labute approximate surface area is 286 Å². The molecule has 0 bridgehead atoms. The number of anilines is 2. The molecule has 2 amide bonds. The molecule has 1 spiro atoms. The normalized spacial score (nSPS) is 23.6. The lowest BCUT2D eigenvalue weighted by atomic mass is 9.89. The fraction of sp³-hybridized carbons (Fsp3) is 0.359. The Morgan fingerprint density at radius 3 is 2.02 bits per heavy atom. The second-order valence-electron chi connectivity index (χ2n) is 12.9. The second-order valence-corrected chi connectivity index (χ2v) is 12.9. The van der Waals surface area contributed by atoms with Gasteiger partial charge in [-0.1, -0.05) is 61.5 Å². The van der Waals surface area contributed by atoms with Crippen LogP contribution < -0.4 is 15.4 Å². The Bertz CT molecular complexity index is 1650. The van der Waals surface area contributed by atoms with Gasteiger partial charge in [-0.2, -0.15) is 0 Å². The van der Waals surface area contributed by atoms with E-state index in [1.165, 1.54) is 0 Å². The summed E-state index contributed by atoms with van der Waals surface area (Å²) in [5, 5.41) is 15.3. The van der Waals surface area contributed by atoms with Crippen LogP contribution in [0.3, 0.4) is 0 Å². The quantitative estimate of drug-likeness (QED) is 0.172. The van der Waals surface area contributed by atoms with Crippen LogP contribution in [-0.4, -0.2) is 60.8 Å². The van der Waals surface area contributed by atoms with Gasteiger partial charge in [0.15, 0.2) is 12.1 Å². The molecule has 3 N–H and O–H groups in total. The van der Waals surface area contributed by atoms with Crippen LogP contribution in [0.4, 0.5) is 16.2 Å². The van der Waals surface area contributed by atoms with Gasteiger partial charge >= 0.3 is 6.03 Å². The van der Waals surface area contributed by atoms with Gasteiger partial charge in [0.05, 0.1) is 32.0 Å². The van der Waals surface area contributed by atoms with Crippen molar-refractivity contribution in [2.24, 2.45) is 5.92 Å². The molecule has 4 aromatic rings. The molecule has 0 saturated carbocycles. The van der Waals surface area contributed by atoms with Gasteiger partial charge in [0.25, 0.3) is 0 Å². The number of ether oxygens (including phenoxy) is 5. The lowest BCUT2D eigenvalue weighted by Crippen LogP contribution is -2.50. The van der Waals surface area contributed by atoms with Gasteiger partial charge in [-0.15, -0.1) is 0 Å². The van der Waals surface area contributed by atoms with E-state index in [0.717, 1.165) is 54.9 Å². The maximum Gasteiger partial charge on any atom is 0.323 e. The molecular formula is C39H43N3O7. The smallest absolute Gasteiger partial charge is 0.323 e. The predicted molar refractivity (Wildman–Crippen MR) is 185 cm³/mol. The van der Waals surface area contributed by atoms with E-state index in [0.29, 0.717) is 30.3 Å². The zero-order valence-electron chi connectivity index (χ0n) is 27.6. The summed E-state index contributed by atoms with van der Waals surface area (Å²) in [5.41, 5.74) is 4.04. The number of hydrogen-bond donors (Lipinski definition) is 3. The first-order chi connectivity index (χ1) is 23.9. The number of piperidine rings is 1. The number of likely N-dealkylation sites (tertiary alicyclic amines) is 1. The summed E-state index contributed by atoms with van der Waals surface area (Å²) in [5.74, 6) is 1.08. The van der Waals surface area contributed by atoms with Gasteiger partial charge in [-0.3, -0.25) is 0 Å². The topological polar surface area (TPSA) is 111 Å². The van der Waals surface area contributed by atoms with Crippen LogP contribution in [0.25, 0.3) is 0 Å². The molecule has 4 aromatic carbocycles. The summed E-state index contributed by atoms with van der Waals surface area (Å²) in [4.78, 5) is 15.2. The molecule has 0 radical (unpaired) electrons. The molecule has 3 fully saturated rings. The molecule has 0 unspecified atom stereocenters. The molecule has 0 aromatic heterocycles. The molecule has 256 valence electrons. The monoisotopic (exact) mass is 665 g/mol. The van der Waals surface area contributed by atoms with E-state index >= 15 is 0 Å². The van der Waals surface area contributed by atoms with Crippen molar-refractivity contribution in [1.82, 2.24) is 4.90 Å². The number of carbonyl (C=O) groups excluding carboxylic acids is 1. The van der Waals surface area contributed by atoms with Gasteiger partial charge in [0.1, 0.15) is 11.5 Å². The maximum absolute atomic E-state index is 12.8. The highest BCUT2D eigenvalue weighted by Crippen LogP contribution is 2.42. The number of aliphatic hydroxyl groups is 1. The minimum Gasteiger partial charge on any atom is -0.457 e. The average molecular weight is 666 g/mol. The number of aliphatic hydroxyl groups excluding tert-OH is 1. The number of nitrogens with one attached hydrogen (secondary N) is 2. The minimum absolute atomic E-state index is 0.00595. The fourth-order valence-corrected chi connectivity index (χ4v) is 6.69. The van der Waals surface area contributed by atoms with E-state index < -0.39 is 12.1 Å². The number of amides is 2. The van der Waals surface area contributed by atoms with Gasteiger partial charge in [-0.25, -0.2) is 4.79 Å². The Morgan fingerprint density at radius 1 is 0.796 bits per heavy atom. The lowest BCUT2D eigenvalue weighted by Gasteiger charge is -2.44. The summed E-state index contributed by atoms with van der Waals surface area (Å²) >= 11 is 0. The van der Waals surface area contributed by atoms with Crippen molar-refractivity contribution in [3.05, 3.63) is 120 Å². The van der Waals surface area contributed by atoms with E-state index in [-0.39, 0.29) is 30.8 Å². The van der Waals surface area contributed by atoms with Crippen molar-refractivity contribution >= 4 is 17.4 Å². The number of nitrogens with zero attached hydrogens (tertiary/aromatic N) is 1. The van der Waals surface area contributed by atoms with Crippen LogP contribution in [-0.2, 0) is 25.6 Å². The van der Waals surface area contributed by atoms with Crippen LogP contribution in [0.15, 0.2) is 103 Å². The fourth-order valence-electron chi connectivity index (χ4n) is 6.69. The van der Waals surface area contributed by atoms with Crippen molar-refractivity contribution < 1.29 is 33.6 Å². The SMILES string of the molecule is C[C@@H]1[C@H](CN2CCC3(CC2)OCCO3)O[C@H](c2ccc(NC(=O)Nc3ccc(Oc4ccccc4)cc3)cc2)O[C@@H]1c1ccc(CO)cc1. The van der Waals surface area contributed by atoms with Gasteiger partial charge in [0, 0.05) is 55.3 Å². The molecule has 0 aliphatic carbocycles. The maximum atomic E-state index is 12.8. The predicted octanol–water partition coefficient (Wildman–Crippen LogP) is 7.25. The number of urea groups is 1. The van der Waals surface area contributed by atoms with Crippen LogP contribution in [0, 0.1) is 5.92 Å². The number of benzene rings is 4. The van der Waals surface area contributed by atoms with E-state index in [1.807, 2.05) is 91.0 Å². The zero-order valence-corrected chi connectivity index (χ0v) is 27.6. The molecular weight excluding hydrogens is 622 g/mol. The average Bonchev–Trinajstić information content (AvgIpc) is 3.59. The van der Waals surface area contributed by atoms with Crippen LogP contribution in [0.2, 0.25) is 0 Å². The van der Waals surface area contributed by atoms with Gasteiger partial charge in [0.2, 0.25) is 0 Å². The molecule has 49 heavy (non-hydrogen) atoms. The third-order valence-corrected chi connectivity index (χ3v) is 9.52. The Hall–Kier alpha value is -4.29. The number of hydrogen-bond acceptors (Lipinski definition) is 8. The summed E-state index contributed by atoms with van der Waals surface area (Å²) in [7, 11) is 0. The zero-order chi connectivity index (χ0) is 33.6. The summed E-state index contributed by atoms with van der Waals surface area (Å²) in [6, 6.07) is 31.9. The van der Waals surface area contributed by atoms with Crippen molar-refractivity contribution in [2.45, 2.75) is 50.7 Å². The standard InChI is InChI=1S/C39H43N3O7/c1-27-35(25-42-21-19-39(20-22-42)45-23-24-46-39)48-37(49-36(27)29-9-7-28(26-43)8-10-29)30-11-13-31(14-12-30)40-38(44)41-32-15-17-34(18-16-32)47-33-5-3-2-4-6-33/h2-18,27,35-37,43H,19-26H2,1H3,(H2,40,41,44)/t27-,35+,36+,37+/m1/s1. The number of rotatable bonds is 9. The first kappa shape index (κ1) is 33.2. The largest absolute Gasteiger partial charge is 0.457 e. The highest BCUT2D eigenvalue weighted by atomic mass is 16.7. The second kappa shape index (κ2) is 15.1. The molecule has 3 aliphatic rings. The molecule has 10 nitrogen and oxygen atoms in total. The van der Waals surface area contributed by atoms with Crippen molar-refractivity contribution in [2.75, 3.05) is 43.5 Å². The molecule has 4 atom stereocenters. The van der Waals surface area contributed by atoms with E-state index in [4.69, 9.17) is 23.7 Å².